The zero-order valence-corrected chi connectivity index (χ0v) is 15.7. The topological polar surface area (TPSA) is 73.2 Å². The Morgan fingerprint density at radius 1 is 1.25 bits per heavy atom. The van der Waals surface area contributed by atoms with Gasteiger partial charge in [0.1, 0.15) is 0 Å². The lowest BCUT2D eigenvalue weighted by Crippen LogP contribution is -2.51. The van der Waals surface area contributed by atoms with E-state index in [-0.39, 0.29) is 23.3 Å². The highest BCUT2D eigenvalue weighted by molar-refractivity contribution is 7.89. The van der Waals surface area contributed by atoms with Crippen molar-refractivity contribution in [3.8, 4) is 6.07 Å². The van der Waals surface area contributed by atoms with E-state index in [1.807, 2.05) is 24.3 Å². The Kier molecular flexibility index (Phi) is 6.02. The minimum absolute atomic E-state index is 0.165. The molecule has 1 aromatic rings. The zero-order valence-electron chi connectivity index (χ0n) is 14.9. The molecule has 1 saturated heterocycles. The van der Waals surface area contributed by atoms with Crippen LogP contribution in [0.15, 0.2) is 24.3 Å². The Hall–Kier alpha value is -1.42. The van der Waals surface area contributed by atoms with Crippen LogP contribution in [0.3, 0.4) is 0 Å². The largest absolute Gasteiger partial charge is 0.307 e. The summed E-state index contributed by atoms with van der Waals surface area (Å²) in [6.07, 6.45) is 0.813. The number of piperidine rings is 1. The summed E-state index contributed by atoms with van der Waals surface area (Å²) in [5.41, 5.74) is 1.80. The second kappa shape index (κ2) is 7.64. The Morgan fingerprint density at radius 3 is 2.38 bits per heavy atom. The number of nitriles is 1. The minimum atomic E-state index is -3.17. The van der Waals surface area contributed by atoms with Crippen molar-refractivity contribution in [2.75, 3.05) is 13.1 Å². The molecule has 0 amide bonds. The maximum Gasteiger partial charge on any atom is 0.216 e. The van der Waals surface area contributed by atoms with E-state index in [9.17, 15) is 8.42 Å². The molecule has 0 unspecified atom stereocenters. The van der Waals surface area contributed by atoms with Crippen molar-refractivity contribution < 1.29 is 8.42 Å². The number of sulfonamides is 1. The second-order valence-electron chi connectivity index (χ2n) is 6.95. The van der Waals surface area contributed by atoms with Gasteiger partial charge in [0, 0.05) is 25.2 Å². The average molecular weight is 350 g/mol. The highest BCUT2D eigenvalue weighted by atomic mass is 32.2. The minimum Gasteiger partial charge on any atom is -0.307 e. The van der Waals surface area contributed by atoms with E-state index in [0.29, 0.717) is 18.7 Å². The summed E-state index contributed by atoms with van der Waals surface area (Å²) in [6.45, 7) is 8.81. The molecule has 0 aromatic heterocycles. The molecular formula is C18H27N3O2S. The van der Waals surface area contributed by atoms with Crippen LogP contribution in [0.1, 0.15) is 51.3 Å². The first-order valence-corrected chi connectivity index (χ1v) is 10.0. The fourth-order valence-electron chi connectivity index (χ4n) is 3.15. The lowest BCUT2D eigenvalue weighted by molar-refractivity contribution is 0.209. The normalized spacial score (nSPS) is 23.8. The lowest BCUT2D eigenvalue weighted by Gasteiger charge is -2.38. The van der Waals surface area contributed by atoms with Gasteiger partial charge in [-0.2, -0.15) is 5.26 Å². The highest BCUT2D eigenvalue weighted by Gasteiger charge is 2.34. The van der Waals surface area contributed by atoms with Crippen molar-refractivity contribution in [3.63, 3.8) is 0 Å². The summed E-state index contributed by atoms with van der Waals surface area (Å²) in [5.74, 6) is 0.258. The molecule has 0 bridgehead atoms. The summed E-state index contributed by atoms with van der Waals surface area (Å²) in [6, 6.07) is 10.2. The van der Waals surface area contributed by atoms with Crippen molar-refractivity contribution >= 4 is 10.0 Å². The molecule has 1 fully saturated rings. The third-order valence-electron chi connectivity index (χ3n) is 4.83. The molecule has 1 heterocycles. The van der Waals surface area contributed by atoms with Crippen molar-refractivity contribution in [2.45, 2.75) is 51.4 Å². The first kappa shape index (κ1) is 18.9. The number of rotatable bonds is 5. The molecule has 1 N–H and O–H groups in total. The quantitative estimate of drug-likeness (QED) is 0.887. The second-order valence-corrected chi connectivity index (χ2v) is 9.44. The van der Waals surface area contributed by atoms with Crippen molar-refractivity contribution in [1.82, 2.24) is 9.62 Å². The van der Waals surface area contributed by atoms with Crippen LogP contribution in [0.4, 0.5) is 0 Å². The predicted molar refractivity (Wildman–Crippen MR) is 95.9 cm³/mol. The van der Waals surface area contributed by atoms with E-state index in [1.165, 1.54) is 0 Å². The number of nitrogens with zero attached hydrogens (tertiary/aromatic N) is 2. The van der Waals surface area contributed by atoms with Gasteiger partial charge in [-0.05, 0) is 50.8 Å². The number of hydrogen-bond acceptors (Lipinski definition) is 4. The molecule has 1 aromatic carbocycles. The smallest absolute Gasteiger partial charge is 0.216 e. The monoisotopic (exact) mass is 349 g/mol. The van der Waals surface area contributed by atoms with Gasteiger partial charge in [0.25, 0.3) is 0 Å². The molecule has 0 radical (unpaired) electrons. The van der Waals surface area contributed by atoms with Gasteiger partial charge in [0.2, 0.25) is 10.0 Å². The van der Waals surface area contributed by atoms with E-state index in [0.717, 1.165) is 12.0 Å². The first-order chi connectivity index (χ1) is 11.3. The summed E-state index contributed by atoms with van der Waals surface area (Å²) in [4.78, 5) is 0. The SMILES string of the molecule is CC(C)S(=O)(=O)N1CC[C@@H](N[C@@H](C)c2ccc(C#N)cc2)[C@@H](C)C1. The summed E-state index contributed by atoms with van der Waals surface area (Å²) >= 11 is 0. The predicted octanol–water partition coefficient (Wildman–Crippen LogP) is 2.66. The Labute approximate surface area is 145 Å². The molecule has 1 aliphatic rings. The molecule has 132 valence electrons. The number of hydrogen-bond donors (Lipinski definition) is 1. The summed E-state index contributed by atoms with van der Waals surface area (Å²) < 4.78 is 26.3. The van der Waals surface area contributed by atoms with Gasteiger partial charge in [-0.1, -0.05) is 19.1 Å². The van der Waals surface area contributed by atoms with E-state index in [4.69, 9.17) is 5.26 Å². The van der Waals surface area contributed by atoms with Crippen LogP contribution >= 0.6 is 0 Å². The molecule has 24 heavy (non-hydrogen) atoms. The molecule has 0 spiro atoms. The van der Waals surface area contributed by atoms with Crippen molar-refractivity contribution in [3.05, 3.63) is 35.4 Å². The van der Waals surface area contributed by atoms with Crippen LogP contribution in [-0.2, 0) is 10.0 Å². The van der Waals surface area contributed by atoms with E-state index in [1.54, 1.807) is 18.2 Å². The van der Waals surface area contributed by atoms with Crippen LogP contribution in [-0.4, -0.2) is 37.1 Å². The Bertz CT molecular complexity index is 692. The van der Waals surface area contributed by atoms with Crippen LogP contribution in [0.2, 0.25) is 0 Å². The zero-order chi connectivity index (χ0) is 17.9. The maximum atomic E-state index is 12.3. The van der Waals surface area contributed by atoms with E-state index < -0.39 is 10.0 Å². The molecule has 1 aliphatic heterocycles. The van der Waals surface area contributed by atoms with Crippen LogP contribution in [0, 0.1) is 17.2 Å². The molecule has 0 saturated carbocycles. The van der Waals surface area contributed by atoms with E-state index >= 15 is 0 Å². The van der Waals surface area contributed by atoms with Gasteiger partial charge >= 0.3 is 0 Å². The van der Waals surface area contributed by atoms with Gasteiger partial charge in [0.05, 0.1) is 16.9 Å². The fourth-order valence-corrected chi connectivity index (χ4v) is 4.55. The Balaban J connectivity index is 1.98. The van der Waals surface area contributed by atoms with Gasteiger partial charge < -0.3 is 5.32 Å². The summed E-state index contributed by atoms with van der Waals surface area (Å²) in [7, 11) is -3.17. The third-order valence-corrected chi connectivity index (χ3v) is 7.07. The molecule has 5 nitrogen and oxygen atoms in total. The molecule has 6 heteroatoms. The standard InChI is InChI=1S/C18H27N3O2S/c1-13(2)24(22,23)21-10-9-18(14(3)12-21)20-15(4)17-7-5-16(11-19)6-8-17/h5-8,13-15,18,20H,9-10,12H2,1-4H3/t14-,15-,18+/m0/s1. The third kappa shape index (κ3) is 4.15. The van der Waals surface area contributed by atoms with Gasteiger partial charge in [-0.25, -0.2) is 12.7 Å². The summed E-state index contributed by atoms with van der Waals surface area (Å²) in [5, 5.41) is 12.1. The first-order valence-electron chi connectivity index (χ1n) is 8.50. The van der Waals surface area contributed by atoms with Crippen molar-refractivity contribution in [2.24, 2.45) is 5.92 Å². The molecule has 3 atom stereocenters. The van der Waals surface area contributed by atoms with Gasteiger partial charge in [-0.15, -0.1) is 0 Å². The van der Waals surface area contributed by atoms with Crippen LogP contribution < -0.4 is 5.32 Å². The van der Waals surface area contributed by atoms with Gasteiger partial charge in [0.15, 0.2) is 0 Å². The highest BCUT2D eigenvalue weighted by Crippen LogP contribution is 2.24. The maximum absolute atomic E-state index is 12.3. The average Bonchev–Trinajstić information content (AvgIpc) is 2.56. The number of nitrogens with one attached hydrogen (secondary N) is 1. The lowest BCUT2D eigenvalue weighted by atomic mass is 9.93. The fraction of sp³-hybridized carbons (Fsp3) is 0.611. The van der Waals surface area contributed by atoms with Gasteiger partial charge in [-0.3, -0.25) is 0 Å². The van der Waals surface area contributed by atoms with Crippen LogP contribution in [0.25, 0.3) is 0 Å². The van der Waals surface area contributed by atoms with Crippen LogP contribution in [0.5, 0.6) is 0 Å². The van der Waals surface area contributed by atoms with E-state index in [2.05, 4.69) is 25.2 Å². The molecule has 2 rings (SSSR count). The Morgan fingerprint density at radius 2 is 1.88 bits per heavy atom. The van der Waals surface area contributed by atoms with Crippen molar-refractivity contribution in [1.29, 1.82) is 5.26 Å². The number of benzene rings is 1. The molecule has 0 aliphatic carbocycles. The molecular weight excluding hydrogens is 322 g/mol.